The molecule has 1 aliphatic heterocycles. The van der Waals surface area contributed by atoms with Crippen molar-refractivity contribution in [3.63, 3.8) is 0 Å². The van der Waals surface area contributed by atoms with E-state index in [1.54, 1.807) is 0 Å². The Hall–Kier alpha value is -1.16. The fourth-order valence-corrected chi connectivity index (χ4v) is 4.14. The van der Waals surface area contributed by atoms with Crippen LogP contribution in [-0.4, -0.2) is 50.8 Å². The molecule has 0 saturated carbocycles. The number of aryl methyl sites for hydroxylation is 1. The summed E-state index contributed by atoms with van der Waals surface area (Å²) in [5.74, 6) is 0.834. The van der Waals surface area contributed by atoms with Gasteiger partial charge in [-0.25, -0.2) is 0 Å². The summed E-state index contributed by atoms with van der Waals surface area (Å²) < 4.78 is 5.53. The lowest BCUT2D eigenvalue weighted by molar-refractivity contribution is 0.0177. The number of benzene rings is 1. The van der Waals surface area contributed by atoms with E-state index in [-0.39, 0.29) is 24.0 Å². The number of hydrogen-bond donors (Lipinski definition) is 2. The van der Waals surface area contributed by atoms with Crippen molar-refractivity contribution in [3.05, 3.63) is 57.8 Å². The van der Waals surface area contributed by atoms with Crippen molar-refractivity contribution in [2.75, 3.05) is 39.9 Å². The van der Waals surface area contributed by atoms with E-state index in [1.165, 1.54) is 15.3 Å². The molecule has 2 heterocycles. The fraction of sp³-hybridized carbons (Fsp3) is 0.450. The molecule has 148 valence electrons. The van der Waals surface area contributed by atoms with Gasteiger partial charge in [0.2, 0.25) is 0 Å². The van der Waals surface area contributed by atoms with Crippen LogP contribution in [0.25, 0.3) is 0 Å². The Kier molecular flexibility index (Phi) is 9.53. The van der Waals surface area contributed by atoms with Gasteiger partial charge in [-0.3, -0.25) is 9.89 Å². The summed E-state index contributed by atoms with van der Waals surface area (Å²) in [6.07, 6.45) is 0. The zero-order valence-corrected chi connectivity index (χ0v) is 19.1. The molecular weight excluding hydrogens is 471 g/mol. The van der Waals surface area contributed by atoms with Gasteiger partial charge in [-0.2, -0.15) is 0 Å². The first kappa shape index (κ1) is 22.1. The lowest BCUT2D eigenvalue weighted by atomic mass is 10.2. The number of morpholine rings is 1. The molecule has 1 aliphatic rings. The molecule has 2 aromatic rings. The minimum Gasteiger partial charge on any atom is -0.379 e. The first-order valence-corrected chi connectivity index (χ1v) is 9.94. The summed E-state index contributed by atoms with van der Waals surface area (Å²) in [4.78, 5) is 9.63. The number of aliphatic imine (C=N–C) groups is 1. The van der Waals surface area contributed by atoms with Gasteiger partial charge in [-0.1, -0.05) is 30.3 Å². The van der Waals surface area contributed by atoms with Crippen molar-refractivity contribution in [1.29, 1.82) is 0 Å². The second-order valence-corrected chi connectivity index (χ2v) is 7.72. The summed E-state index contributed by atoms with van der Waals surface area (Å²) in [5.41, 5.74) is 1.24. The largest absolute Gasteiger partial charge is 0.379 e. The van der Waals surface area contributed by atoms with Crippen molar-refractivity contribution >= 4 is 41.3 Å². The molecule has 0 bridgehead atoms. The molecular formula is C20H29IN4OS. The van der Waals surface area contributed by atoms with Crippen molar-refractivity contribution in [2.45, 2.75) is 19.5 Å². The van der Waals surface area contributed by atoms with Crippen LogP contribution in [0.15, 0.2) is 47.5 Å². The lowest BCUT2D eigenvalue weighted by Crippen LogP contribution is -2.46. The molecule has 27 heavy (non-hydrogen) atoms. The average molecular weight is 500 g/mol. The molecule has 7 heteroatoms. The Bertz CT molecular complexity index is 701. The summed E-state index contributed by atoms with van der Waals surface area (Å²) in [6.45, 7) is 7.32. The predicted molar refractivity (Wildman–Crippen MR) is 124 cm³/mol. The van der Waals surface area contributed by atoms with E-state index in [0.29, 0.717) is 6.04 Å². The number of halogens is 1. The minimum absolute atomic E-state index is 0. The van der Waals surface area contributed by atoms with Gasteiger partial charge in [-0.05, 0) is 24.6 Å². The third kappa shape index (κ3) is 6.74. The monoisotopic (exact) mass is 500 g/mol. The molecule has 0 aliphatic carbocycles. The number of nitrogens with zero attached hydrogens (tertiary/aromatic N) is 2. The Balaban J connectivity index is 0.00000261. The van der Waals surface area contributed by atoms with Gasteiger partial charge >= 0.3 is 0 Å². The first-order valence-electron chi connectivity index (χ1n) is 9.13. The molecule has 0 spiro atoms. The van der Waals surface area contributed by atoms with Crippen LogP contribution in [0.5, 0.6) is 0 Å². The Morgan fingerprint density at radius 1 is 1.15 bits per heavy atom. The average Bonchev–Trinajstić information content (AvgIpc) is 3.12. The second-order valence-electron chi connectivity index (χ2n) is 6.40. The molecule has 1 saturated heterocycles. The van der Waals surface area contributed by atoms with Crippen molar-refractivity contribution in [2.24, 2.45) is 4.99 Å². The highest BCUT2D eigenvalue weighted by atomic mass is 127. The lowest BCUT2D eigenvalue weighted by Gasteiger charge is -2.34. The molecule has 0 radical (unpaired) electrons. The number of ether oxygens (including phenoxy) is 1. The molecule has 0 amide bonds. The second kappa shape index (κ2) is 11.6. The Morgan fingerprint density at radius 2 is 1.89 bits per heavy atom. The van der Waals surface area contributed by atoms with Crippen LogP contribution in [0.2, 0.25) is 0 Å². The topological polar surface area (TPSA) is 48.9 Å². The number of nitrogens with one attached hydrogen (secondary N) is 2. The van der Waals surface area contributed by atoms with Crippen LogP contribution >= 0.6 is 35.3 Å². The normalized spacial score (nSPS) is 16.4. The van der Waals surface area contributed by atoms with Crippen LogP contribution < -0.4 is 10.6 Å². The van der Waals surface area contributed by atoms with Crippen LogP contribution in [0.1, 0.15) is 21.4 Å². The summed E-state index contributed by atoms with van der Waals surface area (Å²) in [5, 5.41) is 6.91. The van der Waals surface area contributed by atoms with Gasteiger partial charge in [0, 0.05) is 43.0 Å². The smallest absolute Gasteiger partial charge is 0.191 e. The van der Waals surface area contributed by atoms with Gasteiger partial charge in [0.05, 0.1) is 19.3 Å². The van der Waals surface area contributed by atoms with Gasteiger partial charge in [0.15, 0.2) is 5.96 Å². The highest BCUT2D eigenvalue weighted by Crippen LogP contribution is 2.27. The summed E-state index contributed by atoms with van der Waals surface area (Å²) in [7, 11) is 1.82. The van der Waals surface area contributed by atoms with E-state index in [0.717, 1.165) is 45.4 Å². The molecule has 5 nitrogen and oxygen atoms in total. The summed E-state index contributed by atoms with van der Waals surface area (Å²) in [6, 6.07) is 15.2. The van der Waals surface area contributed by atoms with Gasteiger partial charge in [0.25, 0.3) is 0 Å². The Morgan fingerprint density at radius 3 is 2.52 bits per heavy atom. The number of guanidine groups is 1. The third-order valence-electron chi connectivity index (χ3n) is 4.57. The van der Waals surface area contributed by atoms with Crippen molar-refractivity contribution in [1.82, 2.24) is 15.5 Å². The zero-order valence-electron chi connectivity index (χ0n) is 16.0. The molecule has 2 N–H and O–H groups in total. The molecule has 1 fully saturated rings. The van der Waals surface area contributed by atoms with Gasteiger partial charge in [-0.15, -0.1) is 35.3 Å². The summed E-state index contributed by atoms with van der Waals surface area (Å²) >= 11 is 1.88. The molecule has 1 aromatic carbocycles. The third-order valence-corrected chi connectivity index (χ3v) is 5.67. The Labute approximate surface area is 183 Å². The van der Waals surface area contributed by atoms with Crippen LogP contribution in [0.4, 0.5) is 0 Å². The maximum Gasteiger partial charge on any atom is 0.191 e. The van der Waals surface area contributed by atoms with E-state index >= 15 is 0 Å². The number of hydrogen-bond acceptors (Lipinski definition) is 4. The number of rotatable bonds is 6. The van der Waals surface area contributed by atoms with Crippen molar-refractivity contribution in [3.8, 4) is 0 Å². The molecule has 1 atom stereocenters. The van der Waals surface area contributed by atoms with Crippen LogP contribution in [0.3, 0.4) is 0 Å². The SMILES string of the molecule is CN=C(NCc1ccccc1)NCC(c1ccc(C)s1)N1CCOCC1.I. The molecule has 1 unspecified atom stereocenters. The van der Waals surface area contributed by atoms with Gasteiger partial charge in [0.1, 0.15) is 0 Å². The quantitative estimate of drug-likeness (QED) is 0.363. The first-order chi connectivity index (χ1) is 12.8. The van der Waals surface area contributed by atoms with E-state index in [4.69, 9.17) is 4.74 Å². The minimum atomic E-state index is 0. The standard InChI is InChI=1S/C20H28N4OS.HI/c1-16-8-9-19(26-16)18(24-10-12-25-13-11-24)15-23-20(21-2)22-14-17-6-4-3-5-7-17;/h3-9,18H,10-15H2,1-2H3,(H2,21,22,23);1H. The molecule has 3 rings (SSSR count). The number of thiophene rings is 1. The highest BCUT2D eigenvalue weighted by molar-refractivity contribution is 14.0. The fourth-order valence-electron chi connectivity index (χ4n) is 3.13. The van der Waals surface area contributed by atoms with E-state index in [2.05, 4.69) is 63.8 Å². The maximum absolute atomic E-state index is 5.53. The highest BCUT2D eigenvalue weighted by Gasteiger charge is 2.24. The van der Waals surface area contributed by atoms with E-state index in [9.17, 15) is 0 Å². The zero-order chi connectivity index (χ0) is 18.2. The maximum atomic E-state index is 5.53. The molecule has 1 aromatic heterocycles. The van der Waals surface area contributed by atoms with Crippen molar-refractivity contribution < 1.29 is 4.74 Å². The van der Waals surface area contributed by atoms with Crippen LogP contribution in [-0.2, 0) is 11.3 Å². The van der Waals surface area contributed by atoms with Crippen LogP contribution in [0, 0.1) is 6.92 Å². The van der Waals surface area contributed by atoms with E-state index in [1.807, 2.05) is 24.5 Å². The van der Waals surface area contributed by atoms with E-state index < -0.39 is 0 Å². The predicted octanol–water partition coefficient (Wildman–Crippen LogP) is 3.41. The van der Waals surface area contributed by atoms with Gasteiger partial charge < -0.3 is 15.4 Å².